The van der Waals surface area contributed by atoms with Gasteiger partial charge in [0, 0.05) is 12.0 Å². The maximum Gasteiger partial charge on any atom is 0.306 e. The van der Waals surface area contributed by atoms with Crippen molar-refractivity contribution >= 4 is 23.3 Å². The molecule has 142 valence electrons. The first-order valence-corrected chi connectivity index (χ1v) is 8.75. The standard InChI is InChI=1S/C21H23NO5/c1-15(23)18-11-6-7-12-19(18)22-21(25)16(2)27-20(24)13-8-14-26-17-9-4-3-5-10-17/h3-7,9-12,16H,8,13-14H2,1-2H3,(H,22,25)/t16-/m0/s1. The molecule has 0 radical (unpaired) electrons. The van der Waals surface area contributed by atoms with E-state index in [1.807, 2.05) is 30.3 Å². The zero-order valence-electron chi connectivity index (χ0n) is 15.4. The molecule has 0 heterocycles. The molecular weight excluding hydrogens is 346 g/mol. The largest absolute Gasteiger partial charge is 0.494 e. The van der Waals surface area contributed by atoms with E-state index in [1.165, 1.54) is 13.8 Å². The summed E-state index contributed by atoms with van der Waals surface area (Å²) in [5.74, 6) is -0.386. The summed E-state index contributed by atoms with van der Waals surface area (Å²) in [6.07, 6.45) is -0.337. The SMILES string of the molecule is CC(=O)c1ccccc1NC(=O)[C@H](C)OC(=O)CCCOc1ccccc1. The van der Waals surface area contributed by atoms with Gasteiger partial charge in [-0.15, -0.1) is 0 Å². The Morgan fingerprint density at radius 1 is 1.00 bits per heavy atom. The van der Waals surface area contributed by atoms with Gasteiger partial charge in [-0.05, 0) is 44.5 Å². The maximum atomic E-state index is 12.2. The molecule has 27 heavy (non-hydrogen) atoms. The van der Waals surface area contributed by atoms with E-state index in [1.54, 1.807) is 24.3 Å². The van der Waals surface area contributed by atoms with Crippen LogP contribution in [0.2, 0.25) is 0 Å². The highest BCUT2D eigenvalue weighted by Crippen LogP contribution is 2.16. The van der Waals surface area contributed by atoms with Crippen molar-refractivity contribution in [2.45, 2.75) is 32.8 Å². The second kappa shape index (κ2) is 10.1. The minimum absolute atomic E-state index is 0.147. The number of amides is 1. The summed E-state index contributed by atoms with van der Waals surface area (Å²) in [5, 5.41) is 2.62. The van der Waals surface area contributed by atoms with Gasteiger partial charge in [-0.3, -0.25) is 14.4 Å². The van der Waals surface area contributed by atoms with Crippen LogP contribution < -0.4 is 10.1 Å². The highest BCUT2D eigenvalue weighted by atomic mass is 16.5. The van der Waals surface area contributed by atoms with E-state index in [-0.39, 0.29) is 12.2 Å². The molecule has 6 nitrogen and oxygen atoms in total. The van der Waals surface area contributed by atoms with Gasteiger partial charge in [-0.1, -0.05) is 30.3 Å². The number of esters is 1. The first-order chi connectivity index (χ1) is 13.0. The number of carbonyl (C=O) groups excluding carboxylic acids is 3. The molecule has 6 heteroatoms. The van der Waals surface area contributed by atoms with E-state index < -0.39 is 18.0 Å². The van der Waals surface area contributed by atoms with Crippen molar-refractivity contribution in [3.8, 4) is 5.75 Å². The summed E-state index contributed by atoms with van der Waals surface area (Å²) >= 11 is 0. The average Bonchev–Trinajstić information content (AvgIpc) is 2.66. The summed E-state index contributed by atoms with van der Waals surface area (Å²) in [5.41, 5.74) is 0.802. The molecule has 0 aromatic heterocycles. The molecule has 0 bridgehead atoms. The third-order valence-corrected chi connectivity index (χ3v) is 3.78. The van der Waals surface area contributed by atoms with Gasteiger partial charge in [0.2, 0.25) is 0 Å². The molecule has 0 aliphatic heterocycles. The van der Waals surface area contributed by atoms with Crippen molar-refractivity contribution in [1.29, 1.82) is 0 Å². The molecule has 0 fully saturated rings. The highest BCUT2D eigenvalue weighted by molar-refractivity contribution is 6.04. The number of ether oxygens (including phenoxy) is 2. The highest BCUT2D eigenvalue weighted by Gasteiger charge is 2.19. The Hall–Kier alpha value is -3.15. The average molecular weight is 369 g/mol. The number of Topliss-reactive ketones (excluding diaryl/α,β-unsaturated/α-hetero) is 1. The molecule has 0 unspecified atom stereocenters. The van der Waals surface area contributed by atoms with Crippen LogP contribution in [0.25, 0.3) is 0 Å². The molecule has 1 atom stereocenters. The Morgan fingerprint density at radius 3 is 2.37 bits per heavy atom. The van der Waals surface area contributed by atoms with E-state index in [0.717, 1.165) is 5.75 Å². The third-order valence-electron chi connectivity index (χ3n) is 3.78. The molecular formula is C21H23NO5. The molecule has 1 amide bonds. The van der Waals surface area contributed by atoms with E-state index in [4.69, 9.17) is 9.47 Å². The van der Waals surface area contributed by atoms with E-state index in [0.29, 0.717) is 24.3 Å². The fourth-order valence-electron chi connectivity index (χ4n) is 2.37. The van der Waals surface area contributed by atoms with Crippen LogP contribution in [0.5, 0.6) is 5.75 Å². The number of anilines is 1. The molecule has 2 rings (SSSR count). The van der Waals surface area contributed by atoms with Crippen LogP contribution in [0, 0.1) is 0 Å². The third kappa shape index (κ3) is 6.58. The summed E-state index contributed by atoms with van der Waals surface area (Å²) in [7, 11) is 0. The zero-order chi connectivity index (χ0) is 19.6. The Labute approximate surface area is 158 Å². The molecule has 0 saturated heterocycles. The normalized spacial score (nSPS) is 11.3. The molecule has 0 aliphatic rings. The van der Waals surface area contributed by atoms with Crippen LogP contribution in [0.15, 0.2) is 54.6 Å². The Bertz CT molecular complexity index is 788. The number of ketones is 1. The molecule has 0 saturated carbocycles. The van der Waals surface area contributed by atoms with E-state index in [9.17, 15) is 14.4 Å². The minimum Gasteiger partial charge on any atom is -0.494 e. The Balaban J connectivity index is 1.75. The summed E-state index contributed by atoms with van der Waals surface area (Å²) < 4.78 is 10.6. The second-order valence-electron chi connectivity index (χ2n) is 5.99. The number of benzene rings is 2. The smallest absolute Gasteiger partial charge is 0.306 e. The van der Waals surface area contributed by atoms with Gasteiger partial charge in [-0.25, -0.2) is 0 Å². The van der Waals surface area contributed by atoms with Crippen molar-refractivity contribution in [2.24, 2.45) is 0 Å². The van der Waals surface area contributed by atoms with Gasteiger partial charge >= 0.3 is 5.97 Å². The van der Waals surface area contributed by atoms with E-state index in [2.05, 4.69) is 5.32 Å². The van der Waals surface area contributed by atoms with Gasteiger partial charge in [0.05, 0.1) is 12.3 Å². The number of carbonyl (C=O) groups is 3. The first kappa shape index (κ1) is 20.2. The molecule has 2 aromatic rings. The number of hydrogen-bond acceptors (Lipinski definition) is 5. The molecule has 2 aromatic carbocycles. The van der Waals surface area contributed by atoms with Crippen molar-refractivity contribution in [1.82, 2.24) is 0 Å². The number of hydrogen-bond donors (Lipinski definition) is 1. The topological polar surface area (TPSA) is 81.7 Å². The quantitative estimate of drug-likeness (QED) is 0.415. The fourth-order valence-corrected chi connectivity index (χ4v) is 2.37. The van der Waals surface area contributed by atoms with Crippen LogP contribution in [-0.2, 0) is 14.3 Å². The van der Waals surface area contributed by atoms with Crippen molar-refractivity contribution in [3.63, 3.8) is 0 Å². The second-order valence-corrected chi connectivity index (χ2v) is 5.99. The number of rotatable bonds is 9. The Kier molecular flexibility index (Phi) is 7.55. The van der Waals surface area contributed by atoms with Gasteiger partial charge in [0.1, 0.15) is 5.75 Å². The van der Waals surface area contributed by atoms with Crippen LogP contribution in [0.1, 0.15) is 37.0 Å². The minimum atomic E-state index is -0.965. The molecule has 0 aliphatic carbocycles. The fraction of sp³-hybridized carbons (Fsp3) is 0.286. The lowest BCUT2D eigenvalue weighted by molar-refractivity contribution is -0.153. The van der Waals surface area contributed by atoms with Crippen molar-refractivity contribution in [2.75, 3.05) is 11.9 Å². The Morgan fingerprint density at radius 2 is 1.67 bits per heavy atom. The monoisotopic (exact) mass is 369 g/mol. The lowest BCUT2D eigenvalue weighted by atomic mass is 10.1. The van der Waals surface area contributed by atoms with Gasteiger partial charge in [0.25, 0.3) is 5.91 Å². The maximum absolute atomic E-state index is 12.2. The lowest BCUT2D eigenvalue weighted by Crippen LogP contribution is -2.30. The summed E-state index contributed by atoms with van der Waals surface area (Å²) in [6.45, 7) is 3.29. The van der Waals surface area contributed by atoms with Crippen LogP contribution >= 0.6 is 0 Å². The predicted molar refractivity (Wildman–Crippen MR) is 102 cm³/mol. The summed E-state index contributed by atoms with van der Waals surface area (Å²) in [4.78, 5) is 35.7. The first-order valence-electron chi connectivity index (χ1n) is 8.75. The predicted octanol–water partition coefficient (Wildman–Crippen LogP) is 3.62. The van der Waals surface area contributed by atoms with Crippen molar-refractivity contribution < 1.29 is 23.9 Å². The van der Waals surface area contributed by atoms with E-state index >= 15 is 0 Å². The van der Waals surface area contributed by atoms with Crippen LogP contribution in [0.3, 0.4) is 0 Å². The molecule has 1 N–H and O–H groups in total. The van der Waals surface area contributed by atoms with Crippen LogP contribution in [-0.4, -0.2) is 30.4 Å². The van der Waals surface area contributed by atoms with Crippen LogP contribution in [0.4, 0.5) is 5.69 Å². The van der Waals surface area contributed by atoms with Gasteiger partial charge in [-0.2, -0.15) is 0 Å². The number of para-hydroxylation sites is 2. The lowest BCUT2D eigenvalue weighted by Gasteiger charge is -2.15. The van der Waals surface area contributed by atoms with Crippen molar-refractivity contribution in [3.05, 3.63) is 60.2 Å². The number of nitrogens with one attached hydrogen (secondary N) is 1. The summed E-state index contributed by atoms with van der Waals surface area (Å²) in [6, 6.07) is 16.0. The van der Waals surface area contributed by atoms with Gasteiger partial charge < -0.3 is 14.8 Å². The zero-order valence-corrected chi connectivity index (χ0v) is 15.4. The van der Waals surface area contributed by atoms with Gasteiger partial charge in [0.15, 0.2) is 11.9 Å². The molecule has 0 spiro atoms.